The summed E-state index contributed by atoms with van der Waals surface area (Å²) in [4.78, 5) is 22.9. The molecule has 1 N–H and O–H groups in total. The maximum atomic E-state index is 13.9. The zero-order valence-electron chi connectivity index (χ0n) is 13.7. The summed E-state index contributed by atoms with van der Waals surface area (Å²) in [5.74, 6) is -0.757. The van der Waals surface area contributed by atoms with Crippen LogP contribution in [0.25, 0.3) is 22.0 Å². The third-order valence-corrected chi connectivity index (χ3v) is 4.81. The van der Waals surface area contributed by atoms with E-state index in [2.05, 4.69) is 9.97 Å². The number of aliphatic hydroxyl groups excluding tert-OH is 1. The van der Waals surface area contributed by atoms with Gasteiger partial charge in [-0.1, -0.05) is 17.7 Å². The lowest BCUT2D eigenvalue weighted by atomic mass is 10.0. The maximum Gasteiger partial charge on any atom is 0.272 e. The van der Waals surface area contributed by atoms with Crippen molar-refractivity contribution in [3.05, 3.63) is 59.3 Å². The van der Waals surface area contributed by atoms with Gasteiger partial charge in [0.2, 0.25) is 0 Å². The zero-order valence-corrected chi connectivity index (χ0v) is 14.4. The fourth-order valence-corrected chi connectivity index (χ4v) is 3.24. The number of hydrogen-bond donors (Lipinski definition) is 1. The van der Waals surface area contributed by atoms with E-state index >= 15 is 0 Å². The van der Waals surface area contributed by atoms with E-state index in [9.17, 15) is 14.3 Å². The molecule has 0 spiro atoms. The Morgan fingerprint density at radius 1 is 1.27 bits per heavy atom. The maximum absolute atomic E-state index is 13.9. The summed E-state index contributed by atoms with van der Waals surface area (Å²) in [5, 5.41) is 10.4. The molecule has 1 aromatic carbocycles. The predicted octanol–water partition coefficient (Wildman–Crippen LogP) is 3.30. The molecule has 0 bridgehead atoms. The molecule has 3 heterocycles. The van der Waals surface area contributed by atoms with E-state index in [0.29, 0.717) is 36.2 Å². The highest BCUT2D eigenvalue weighted by Crippen LogP contribution is 2.29. The largest absolute Gasteiger partial charge is 0.391 e. The number of amides is 1. The highest BCUT2D eigenvalue weighted by Gasteiger charge is 2.26. The van der Waals surface area contributed by atoms with Crippen LogP contribution in [0.4, 0.5) is 4.39 Å². The number of β-amino-alcohol motifs (C(OH)–C–C–N with tert-alkyl or cyclic N) is 1. The van der Waals surface area contributed by atoms with E-state index < -0.39 is 11.9 Å². The highest BCUT2D eigenvalue weighted by atomic mass is 35.5. The van der Waals surface area contributed by atoms with E-state index in [1.165, 1.54) is 12.1 Å². The van der Waals surface area contributed by atoms with Crippen molar-refractivity contribution >= 4 is 28.4 Å². The van der Waals surface area contributed by atoms with Gasteiger partial charge < -0.3 is 10.0 Å². The van der Waals surface area contributed by atoms with Crippen molar-refractivity contribution in [3.8, 4) is 11.1 Å². The molecule has 1 aliphatic rings. The highest BCUT2D eigenvalue weighted by molar-refractivity contribution is 6.30. The molecular weight excluding hydrogens is 357 g/mol. The monoisotopic (exact) mass is 371 g/mol. The number of pyridine rings is 2. The predicted molar refractivity (Wildman–Crippen MR) is 96.5 cm³/mol. The molecule has 1 unspecified atom stereocenters. The molecule has 5 nitrogen and oxygen atoms in total. The van der Waals surface area contributed by atoms with Gasteiger partial charge in [0.25, 0.3) is 5.91 Å². The van der Waals surface area contributed by atoms with E-state index in [4.69, 9.17) is 11.6 Å². The van der Waals surface area contributed by atoms with Crippen molar-refractivity contribution in [2.45, 2.75) is 12.5 Å². The van der Waals surface area contributed by atoms with Gasteiger partial charge >= 0.3 is 0 Å². The van der Waals surface area contributed by atoms with Crippen LogP contribution in [0.5, 0.6) is 0 Å². The summed E-state index contributed by atoms with van der Waals surface area (Å²) >= 11 is 5.76. The lowest BCUT2D eigenvalue weighted by Gasteiger charge is -2.15. The first kappa shape index (κ1) is 16.9. The number of benzene rings is 1. The Labute approximate surface area is 154 Å². The Balaban J connectivity index is 1.79. The van der Waals surface area contributed by atoms with E-state index in [-0.39, 0.29) is 16.6 Å². The third-order valence-electron chi connectivity index (χ3n) is 4.50. The molecular formula is C19H15ClFN3O2. The van der Waals surface area contributed by atoms with Gasteiger partial charge in [-0.2, -0.15) is 0 Å². The van der Waals surface area contributed by atoms with Gasteiger partial charge in [-0.25, -0.2) is 9.37 Å². The number of aliphatic hydroxyl groups is 1. The summed E-state index contributed by atoms with van der Waals surface area (Å²) in [6.07, 6.45) is 3.31. The second kappa shape index (κ2) is 6.63. The number of carbonyl (C=O) groups is 1. The van der Waals surface area contributed by atoms with Gasteiger partial charge in [-0.3, -0.25) is 9.78 Å². The number of rotatable bonds is 2. The van der Waals surface area contributed by atoms with Gasteiger partial charge in [0.15, 0.2) is 0 Å². The van der Waals surface area contributed by atoms with E-state index in [1.54, 1.807) is 35.5 Å². The van der Waals surface area contributed by atoms with Crippen LogP contribution in [0.1, 0.15) is 16.9 Å². The lowest BCUT2D eigenvalue weighted by Crippen LogP contribution is -2.30. The second-order valence-corrected chi connectivity index (χ2v) is 6.69. The van der Waals surface area contributed by atoms with Crippen LogP contribution >= 0.6 is 11.6 Å². The quantitative estimate of drug-likeness (QED) is 0.750. The zero-order chi connectivity index (χ0) is 18.3. The molecule has 0 aliphatic carbocycles. The van der Waals surface area contributed by atoms with Crippen LogP contribution in [-0.4, -0.2) is 45.1 Å². The molecule has 3 aromatic rings. The third kappa shape index (κ3) is 3.02. The van der Waals surface area contributed by atoms with Crippen molar-refractivity contribution < 1.29 is 14.3 Å². The number of aromatic nitrogens is 2. The Kier molecular flexibility index (Phi) is 4.30. The van der Waals surface area contributed by atoms with Crippen LogP contribution in [0, 0.1) is 5.82 Å². The second-order valence-electron chi connectivity index (χ2n) is 6.28. The Morgan fingerprint density at radius 3 is 2.85 bits per heavy atom. The van der Waals surface area contributed by atoms with Crippen LogP contribution in [0.3, 0.4) is 0 Å². The standard InChI is InChI=1S/C19H15ClFN3O2/c20-15-3-1-11(7-16(15)21)14-9-22-8-12-2-4-17(23-18(12)14)19(26)24-6-5-13(25)10-24/h1-4,7-9,13,25H,5-6,10H2. The minimum Gasteiger partial charge on any atom is -0.391 e. The van der Waals surface area contributed by atoms with E-state index in [0.717, 1.165) is 5.39 Å². The number of nitrogens with zero attached hydrogens (tertiary/aromatic N) is 3. The topological polar surface area (TPSA) is 66.3 Å². The number of halogens is 2. The van der Waals surface area contributed by atoms with Crippen molar-refractivity contribution in [2.75, 3.05) is 13.1 Å². The molecule has 0 saturated carbocycles. The minimum atomic E-state index is -0.528. The molecule has 1 atom stereocenters. The Bertz CT molecular complexity index is 1010. The average molecular weight is 372 g/mol. The number of fused-ring (bicyclic) bond motifs is 1. The van der Waals surface area contributed by atoms with Crippen molar-refractivity contribution in [3.63, 3.8) is 0 Å². The smallest absolute Gasteiger partial charge is 0.272 e. The molecule has 26 heavy (non-hydrogen) atoms. The molecule has 1 saturated heterocycles. The van der Waals surface area contributed by atoms with Gasteiger partial charge in [0.05, 0.1) is 16.6 Å². The molecule has 1 aliphatic heterocycles. The van der Waals surface area contributed by atoms with E-state index in [1.807, 2.05) is 0 Å². The summed E-state index contributed by atoms with van der Waals surface area (Å²) in [6, 6.07) is 7.90. The molecule has 0 radical (unpaired) electrons. The van der Waals surface area contributed by atoms with Crippen LogP contribution in [-0.2, 0) is 0 Å². The molecule has 132 valence electrons. The minimum absolute atomic E-state index is 0.0402. The van der Waals surface area contributed by atoms with Crippen molar-refractivity contribution in [1.82, 2.24) is 14.9 Å². The first-order chi connectivity index (χ1) is 12.5. The van der Waals surface area contributed by atoms with Crippen molar-refractivity contribution in [2.24, 2.45) is 0 Å². The lowest BCUT2D eigenvalue weighted by molar-refractivity contribution is 0.0759. The van der Waals surface area contributed by atoms with Crippen LogP contribution < -0.4 is 0 Å². The van der Waals surface area contributed by atoms with Gasteiger partial charge in [-0.05, 0) is 36.2 Å². The van der Waals surface area contributed by atoms with Crippen molar-refractivity contribution in [1.29, 1.82) is 0 Å². The molecule has 2 aromatic heterocycles. The fraction of sp³-hybridized carbons (Fsp3) is 0.211. The molecule has 1 fully saturated rings. The summed E-state index contributed by atoms with van der Waals surface area (Å²) in [7, 11) is 0. The van der Waals surface area contributed by atoms with Crippen LogP contribution in [0.2, 0.25) is 5.02 Å². The SMILES string of the molecule is O=C(c1ccc2cncc(-c3ccc(Cl)c(F)c3)c2n1)N1CCC(O)C1. The molecule has 1 amide bonds. The number of carbonyl (C=O) groups excluding carboxylic acids is 1. The normalized spacial score (nSPS) is 17.0. The summed E-state index contributed by atoms with van der Waals surface area (Å²) in [5.41, 5.74) is 2.05. The number of likely N-dealkylation sites (tertiary alicyclic amines) is 1. The first-order valence-electron chi connectivity index (χ1n) is 8.20. The summed E-state index contributed by atoms with van der Waals surface area (Å²) < 4.78 is 13.9. The van der Waals surface area contributed by atoms with Crippen LogP contribution in [0.15, 0.2) is 42.7 Å². The fourth-order valence-electron chi connectivity index (χ4n) is 3.13. The Morgan fingerprint density at radius 2 is 2.12 bits per heavy atom. The molecule has 7 heteroatoms. The summed E-state index contributed by atoms with van der Waals surface area (Å²) in [6.45, 7) is 0.815. The van der Waals surface area contributed by atoms with Gasteiger partial charge in [0, 0.05) is 36.4 Å². The van der Waals surface area contributed by atoms with Gasteiger partial charge in [-0.15, -0.1) is 0 Å². The first-order valence-corrected chi connectivity index (χ1v) is 8.58. The number of hydrogen-bond acceptors (Lipinski definition) is 4. The Hall–Kier alpha value is -2.57. The van der Waals surface area contributed by atoms with Gasteiger partial charge in [0.1, 0.15) is 11.5 Å². The average Bonchev–Trinajstić information content (AvgIpc) is 3.09. The molecule has 4 rings (SSSR count).